The van der Waals surface area contributed by atoms with Crippen LogP contribution < -0.4 is 10.2 Å². The number of anilines is 1. The lowest BCUT2D eigenvalue weighted by Crippen LogP contribution is -2.49. The van der Waals surface area contributed by atoms with Crippen LogP contribution in [0.15, 0.2) is 24.5 Å². The van der Waals surface area contributed by atoms with Gasteiger partial charge in [-0.25, -0.2) is 8.42 Å². The normalized spacial score (nSPS) is 18.0. The Hall–Kier alpha value is -1.14. The predicted octanol–water partition coefficient (Wildman–Crippen LogP) is 1.46. The number of hydrogen-bond acceptors (Lipinski definition) is 5. The van der Waals surface area contributed by atoms with Gasteiger partial charge in [-0.05, 0) is 38.8 Å². The Balaban J connectivity index is 1.83. The van der Waals surface area contributed by atoms with Gasteiger partial charge in [0, 0.05) is 50.0 Å². The zero-order chi connectivity index (χ0) is 15.5. The molecule has 0 aromatic carbocycles. The molecule has 0 atom stereocenters. The molecule has 5 nitrogen and oxygen atoms in total. The molecule has 1 aliphatic heterocycles. The SMILES string of the molecule is CC(C)(CNC1CCN(c2ccncc2)CC1)S(C)(=O)=O. The highest BCUT2D eigenvalue weighted by molar-refractivity contribution is 7.92. The van der Waals surface area contributed by atoms with Crippen molar-refractivity contribution in [3.05, 3.63) is 24.5 Å². The highest BCUT2D eigenvalue weighted by Crippen LogP contribution is 2.20. The highest BCUT2D eigenvalue weighted by atomic mass is 32.2. The van der Waals surface area contributed by atoms with E-state index >= 15 is 0 Å². The number of hydrogen-bond donors (Lipinski definition) is 1. The van der Waals surface area contributed by atoms with E-state index in [0.29, 0.717) is 12.6 Å². The number of rotatable bonds is 5. The molecule has 118 valence electrons. The molecule has 1 saturated heterocycles. The van der Waals surface area contributed by atoms with Crippen molar-refractivity contribution in [2.75, 3.05) is 30.8 Å². The summed E-state index contributed by atoms with van der Waals surface area (Å²) in [4.78, 5) is 6.39. The van der Waals surface area contributed by atoms with Crippen molar-refractivity contribution in [3.63, 3.8) is 0 Å². The summed E-state index contributed by atoms with van der Waals surface area (Å²) in [7, 11) is -3.04. The minimum absolute atomic E-state index is 0.393. The van der Waals surface area contributed by atoms with Crippen molar-refractivity contribution in [1.82, 2.24) is 10.3 Å². The summed E-state index contributed by atoms with van der Waals surface area (Å²) in [6.45, 7) is 6.04. The molecule has 2 rings (SSSR count). The van der Waals surface area contributed by atoms with E-state index in [1.165, 1.54) is 11.9 Å². The molecular weight excluding hydrogens is 286 g/mol. The number of piperidine rings is 1. The zero-order valence-electron chi connectivity index (χ0n) is 13.0. The summed E-state index contributed by atoms with van der Waals surface area (Å²) in [5, 5.41) is 3.42. The van der Waals surface area contributed by atoms with Crippen LogP contribution in [0.4, 0.5) is 5.69 Å². The van der Waals surface area contributed by atoms with Gasteiger partial charge >= 0.3 is 0 Å². The molecule has 0 unspecified atom stereocenters. The molecule has 0 saturated carbocycles. The van der Waals surface area contributed by atoms with E-state index in [0.717, 1.165) is 25.9 Å². The van der Waals surface area contributed by atoms with E-state index in [1.807, 2.05) is 24.5 Å². The van der Waals surface area contributed by atoms with Crippen LogP contribution in [-0.2, 0) is 9.84 Å². The number of sulfone groups is 1. The van der Waals surface area contributed by atoms with Gasteiger partial charge in [0.05, 0.1) is 4.75 Å². The highest BCUT2D eigenvalue weighted by Gasteiger charge is 2.31. The minimum atomic E-state index is -3.04. The van der Waals surface area contributed by atoms with Crippen LogP contribution in [0.3, 0.4) is 0 Å². The van der Waals surface area contributed by atoms with Gasteiger partial charge < -0.3 is 10.2 Å². The zero-order valence-corrected chi connectivity index (χ0v) is 13.9. The summed E-state index contributed by atoms with van der Waals surface area (Å²) in [6, 6.07) is 4.45. The quantitative estimate of drug-likeness (QED) is 0.892. The predicted molar refractivity (Wildman–Crippen MR) is 86.4 cm³/mol. The molecule has 1 aromatic heterocycles. The molecule has 2 heterocycles. The Labute approximate surface area is 127 Å². The first-order valence-corrected chi connectivity index (χ1v) is 9.27. The van der Waals surface area contributed by atoms with Gasteiger partial charge in [-0.15, -0.1) is 0 Å². The van der Waals surface area contributed by atoms with Crippen LogP contribution in [-0.4, -0.2) is 50.1 Å². The second-order valence-electron chi connectivity index (χ2n) is 6.38. The van der Waals surface area contributed by atoms with Gasteiger partial charge in [-0.3, -0.25) is 4.98 Å². The Kier molecular flexibility index (Phi) is 4.88. The van der Waals surface area contributed by atoms with Crippen LogP contribution in [0, 0.1) is 0 Å². The van der Waals surface area contributed by atoms with Gasteiger partial charge in [-0.2, -0.15) is 0 Å². The lowest BCUT2D eigenvalue weighted by molar-refractivity contribution is 0.396. The molecule has 0 amide bonds. The van der Waals surface area contributed by atoms with E-state index < -0.39 is 14.6 Å². The molecule has 1 N–H and O–H groups in total. The average molecular weight is 311 g/mol. The summed E-state index contributed by atoms with van der Waals surface area (Å²) in [6.07, 6.45) is 6.99. The van der Waals surface area contributed by atoms with Gasteiger partial charge in [0.1, 0.15) is 0 Å². The molecule has 0 spiro atoms. The summed E-state index contributed by atoms with van der Waals surface area (Å²) < 4.78 is 22.7. The number of nitrogens with zero attached hydrogens (tertiary/aromatic N) is 2. The smallest absolute Gasteiger partial charge is 0.153 e. The summed E-state index contributed by atoms with van der Waals surface area (Å²) >= 11 is 0. The Morgan fingerprint density at radius 2 is 1.86 bits per heavy atom. The Bertz CT molecular complexity index is 550. The van der Waals surface area contributed by atoms with E-state index in [4.69, 9.17) is 0 Å². The maximum Gasteiger partial charge on any atom is 0.153 e. The third-order valence-electron chi connectivity index (χ3n) is 4.34. The molecule has 0 aliphatic carbocycles. The van der Waals surface area contributed by atoms with E-state index in [9.17, 15) is 8.42 Å². The maximum atomic E-state index is 11.7. The molecule has 1 aliphatic rings. The van der Waals surface area contributed by atoms with E-state index in [2.05, 4.69) is 15.2 Å². The fourth-order valence-corrected chi connectivity index (χ4v) is 2.76. The average Bonchev–Trinajstić information content (AvgIpc) is 2.45. The van der Waals surface area contributed by atoms with Crippen LogP contribution in [0.5, 0.6) is 0 Å². The van der Waals surface area contributed by atoms with Gasteiger partial charge in [0.15, 0.2) is 9.84 Å². The van der Waals surface area contributed by atoms with Crippen molar-refractivity contribution in [2.45, 2.75) is 37.5 Å². The molecule has 6 heteroatoms. The third-order valence-corrected chi connectivity index (χ3v) is 6.49. The van der Waals surface area contributed by atoms with Crippen molar-refractivity contribution in [3.8, 4) is 0 Å². The minimum Gasteiger partial charge on any atom is -0.371 e. The Morgan fingerprint density at radius 3 is 2.38 bits per heavy atom. The second-order valence-corrected chi connectivity index (χ2v) is 9.03. The maximum absolute atomic E-state index is 11.7. The standard InChI is InChI=1S/C15H25N3O2S/c1-15(2,21(3,19)20)12-17-13-6-10-18(11-7-13)14-4-8-16-9-5-14/h4-5,8-9,13,17H,6-7,10-12H2,1-3H3. The third kappa shape index (κ3) is 4.17. The molecule has 0 bridgehead atoms. The van der Waals surface area contributed by atoms with Gasteiger partial charge in [-0.1, -0.05) is 0 Å². The topological polar surface area (TPSA) is 62.3 Å². The van der Waals surface area contributed by atoms with Gasteiger partial charge in [0.2, 0.25) is 0 Å². The molecular formula is C15H25N3O2S. The van der Waals surface area contributed by atoms with Crippen molar-refractivity contribution in [2.24, 2.45) is 0 Å². The first kappa shape index (κ1) is 16.2. The van der Waals surface area contributed by atoms with Crippen LogP contribution in [0.1, 0.15) is 26.7 Å². The molecule has 1 fully saturated rings. The lowest BCUT2D eigenvalue weighted by atomic mass is 10.0. The number of pyridine rings is 1. The van der Waals surface area contributed by atoms with E-state index in [-0.39, 0.29) is 0 Å². The second kappa shape index (κ2) is 6.32. The number of nitrogens with one attached hydrogen (secondary N) is 1. The number of aromatic nitrogens is 1. The van der Waals surface area contributed by atoms with E-state index in [1.54, 1.807) is 13.8 Å². The first-order chi connectivity index (χ1) is 9.79. The first-order valence-electron chi connectivity index (χ1n) is 7.37. The van der Waals surface area contributed by atoms with Crippen molar-refractivity contribution < 1.29 is 8.42 Å². The van der Waals surface area contributed by atoms with Crippen molar-refractivity contribution in [1.29, 1.82) is 0 Å². The largest absolute Gasteiger partial charge is 0.371 e. The van der Waals surface area contributed by atoms with Crippen molar-refractivity contribution >= 4 is 15.5 Å². The summed E-state index contributed by atoms with van der Waals surface area (Å²) in [5.74, 6) is 0. The monoisotopic (exact) mass is 311 g/mol. The molecule has 0 radical (unpaired) electrons. The fourth-order valence-electron chi connectivity index (χ4n) is 2.42. The van der Waals surface area contributed by atoms with Crippen LogP contribution >= 0.6 is 0 Å². The Morgan fingerprint density at radius 1 is 1.29 bits per heavy atom. The van der Waals surface area contributed by atoms with Gasteiger partial charge in [0.25, 0.3) is 0 Å². The summed E-state index contributed by atoms with van der Waals surface area (Å²) in [5.41, 5.74) is 1.21. The molecule has 21 heavy (non-hydrogen) atoms. The van der Waals surface area contributed by atoms with Crippen LogP contribution in [0.2, 0.25) is 0 Å². The fraction of sp³-hybridized carbons (Fsp3) is 0.667. The molecule has 1 aromatic rings. The van der Waals surface area contributed by atoms with Crippen LogP contribution in [0.25, 0.3) is 0 Å². The lowest BCUT2D eigenvalue weighted by Gasteiger charge is -2.35.